The van der Waals surface area contributed by atoms with E-state index < -0.39 is 22.0 Å². The highest BCUT2D eigenvalue weighted by molar-refractivity contribution is 7.92. The van der Waals surface area contributed by atoms with Crippen LogP contribution < -0.4 is 15.4 Å². The number of hydrogen-bond acceptors (Lipinski definition) is 5. The van der Waals surface area contributed by atoms with Crippen molar-refractivity contribution in [2.75, 3.05) is 23.9 Å². The number of hydrogen-bond donors (Lipinski definition) is 2. The van der Waals surface area contributed by atoms with Gasteiger partial charge in [0.1, 0.15) is 0 Å². The van der Waals surface area contributed by atoms with Crippen molar-refractivity contribution in [3.63, 3.8) is 0 Å². The Kier molecular flexibility index (Phi) is 9.98. The Bertz CT molecular complexity index is 1450. The number of sulfonamides is 1. The number of nitrogens with one attached hydrogen (secondary N) is 1. The summed E-state index contributed by atoms with van der Waals surface area (Å²) in [4.78, 5) is 27.9. The van der Waals surface area contributed by atoms with Crippen LogP contribution in [-0.2, 0) is 21.4 Å². The number of nitrogens with two attached hydrogens (primary N) is 1. The molecule has 0 aliphatic carbocycles. The fourth-order valence-electron chi connectivity index (χ4n) is 4.43. The number of halogens is 1. The molecule has 1 heterocycles. The van der Waals surface area contributed by atoms with Crippen LogP contribution in [0, 0.1) is 0 Å². The Morgan fingerprint density at radius 1 is 0.950 bits per heavy atom. The predicted molar refractivity (Wildman–Crippen MR) is 158 cm³/mol. The van der Waals surface area contributed by atoms with Crippen molar-refractivity contribution in [3.8, 4) is 0 Å². The minimum absolute atomic E-state index is 0.0347. The number of nitrogens with zero attached hydrogens (tertiary/aromatic N) is 2. The fraction of sp³-hybridized carbons (Fsp3) is 0.267. The average molecular weight is 581 g/mol. The van der Waals surface area contributed by atoms with Crippen LogP contribution >= 0.6 is 11.6 Å². The topological polar surface area (TPSA) is 113 Å². The zero-order chi connectivity index (χ0) is 28.5. The highest BCUT2D eigenvalue weighted by Crippen LogP contribution is 2.28. The van der Waals surface area contributed by atoms with Gasteiger partial charge < -0.3 is 16.0 Å². The van der Waals surface area contributed by atoms with Gasteiger partial charge >= 0.3 is 0 Å². The maximum atomic E-state index is 13.9. The second-order valence-electron chi connectivity index (χ2n) is 9.53. The van der Waals surface area contributed by atoms with Crippen molar-refractivity contribution in [1.82, 2.24) is 10.2 Å². The van der Waals surface area contributed by atoms with E-state index >= 15 is 0 Å². The number of carbonyl (C=O) groups excluding carboxylic acids is 2. The molecule has 1 aliphatic heterocycles. The van der Waals surface area contributed by atoms with Gasteiger partial charge in [-0.1, -0.05) is 72.3 Å². The first-order valence-corrected chi connectivity index (χ1v) is 15.0. The van der Waals surface area contributed by atoms with Gasteiger partial charge in [0.2, 0.25) is 5.91 Å². The van der Waals surface area contributed by atoms with E-state index in [2.05, 4.69) is 5.32 Å². The molecule has 2 amide bonds. The molecule has 4 rings (SSSR count). The Labute approximate surface area is 240 Å². The van der Waals surface area contributed by atoms with Gasteiger partial charge in [-0.15, -0.1) is 0 Å². The number of amides is 2. The van der Waals surface area contributed by atoms with Crippen molar-refractivity contribution < 1.29 is 18.0 Å². The molecular weight excluding hydrogens is 548 g/mol. The summed E-state index contributed by atoms with van der Waals surface area (Å²) in [6.45, 7) is 1.01. The maximum absolute atomic E-state index is 13.9. The second kappa shape index (κ2) is 13.6. The number of carbonyl (C=O) groups is 2. The molecule has 0 saturated heterocycles. The van der Waals surface area contributed by atoms with Crippen molar-refractivity contribution in [3.05, 3.63) is 107 Å². The summed E-state index contributed by atoms with van der Waals surface area (Å²) >= 11 is 6.48. The third-order valence-electron chi connectivity index (χ3n) is 6.63. The number of rotatable bonds is 3. The zero-order valence-electron chi connectivity index (χ0n) is 22.1. The molecule has 2 bridgehead atoms. The molecule has 1 unspecified atom stereocenters. The quantitative estimate of drug-likeness (QED) is 0.447. The van der Waals surface area contributed by atoms with Gasteiger partial charge in [-0.2, -0.15) is 0 Å². The van der Waals surface area contributed by atoms with Crippen LogP contribution in [0.2, 0.25) is 5.02 Å². The van der Waals surface area contributed by atoms with Gasteiger partial charge in [-0.05, 0) is 55.2 Å². The molecule has 0 radical (unpaired) electrons. The largest absolute Gasteiger partial charge is 0.355 e. The fourth-order valence-corrected chi connectivity index (χ4v) is 6.07. The van der Waals surface area contributed by atoms with Gasteiger partial charge in [0.25, 0.3) is 15.9 Å². The summed E-state index contributed by atoms with van der Waals surface area (Å²) in [5.74, 6) is -0.666. The molecule has 0 spiro atoms. The summed E-state index contributed by atoms with van der Waals surface area (Å²) in [6.07, 6.45) is 4.97. The predicted octanol–water partition coefficient (Wildman–Crippen LogP) is 4.36. The molecule has 0 fully saturated rings. The molecule has 0 saturated carbocycles. The van der Waals surface area contributed by atoms with E-state index in [1.165, 1.54) is 22.5 Å². The number of allylic oxidation sites excluding steroid dienone is 1. The standard InChI is InChI=1S/C30H33ClN4O4S/c31-27-17-16-25-21-26(27)30(37)34(22-23-11-4-1-5-12-23)19-10-18-33-29(36)28(32)15-8-3-9-20-35(40(25,38)39)24-13-6-2-7-14-24/h1-7,9,11-14,16-17,21,28H,8,10,15,18-20,22,32H2,(H,33,36)/b9-3+. The molecule has 40 heavy (non-hydrogen) atoms. The lowest BCUT2D eigenvalue weighted by molar-refractivity contribution is -0.122. The molecule has 1 atom stereocenters. The van der Waals surface area contributed by atoms with Gasteiger partial charge in [-0.25, -0.2) is 8.42 Å². The zero-order valence-corrected chi connectivity index (χ0v) is 23.7. The summed E-state index contributed by atoms with van der Waals surface area (Å²) in [6, 6.07) is 21.7. The number of para-hydroxylation sites is 1. The van der Waals surface area contributed by atoms with Crippen molar-refractivity contribution in [2.45, 2.75) is 36.7 Å². The SMILES string of the molecule is NC1CC/C=C/CN(c2ccccc2)S(=O)(=O)c2ccc(Cl)c(c2)C(=O)N(Cc2ccccc2)CCCNC1=O. The van der Waals surface area contributed by atoms with Crippen molar-refractivity contribution in [2.24, 2.45) is 5.73 Å². The van der Waals surface area contributed by atoms with Gasteiger partial charge in [-0.3, -0.25) is 13.9 Å². The van der Waals surface area contributed by atoms with Crippen LogP contribution in [0.5, 0.6) is 0 Å². The van der Waals surface area contributed by atoms with Gasteiger partial charge in [0.05, 0.1) is 33.8 Å². The third kappa shape index (κ3) is 7.29. The minimum Gasteiger partial charge on any atom is -0.355 e. The summed E-state index contributed by atoms with van der Waals surface area (Å²) < 4.78 is 29.1. The van der Waals surface area contributed by atoms with E-state index in [4.69, 9.17) is 17.3 Å². The summed E-state index contributed by atoms with van der Waals surface area (Å²) in [5.41, 5.74) is 7.55. The first-order valence-electron chi connectivity index (χ1n) is 13.2. The van der Waals surface area contributed by atoms with Crippen LogP contribution in [0.25, 0.3) is 0 Å². The van der Waals surface area contributed by atoms with E-state index in [1.54, 1.807) is 41.3 Å². The molecule has 8 nitrogen and oxygen atoms in total. The Morgan fingerprint density at radius 3 is 2.38 bits per heavy atom. The molecule has 210 valence electrons. The molecule has 3 aromatic rings. The lowest BCUT2D eigenvalue weighted by Gasteiger charge is -2.26. The van der Waals surface area contributed by atoms with Crippen LogP contribution in [0.1, 0.15) is 35.2 Å². The Balaban J connectivity index is 1.75. The summed E-state index contributed by atoms with van der Waals surface area (Å²) in [7, 11) is -4.07. The molecule has 1 aliphatic rings. The van der Waals surface area contributed by atoms with Crippen molar-refractivity contribution in [1.29, 1.82) is 0 Å². The molecular formula is C30H33ClN4O4S. The molecule has 3 N–H and O–H groups in total. The monoisotopic (exact) mass is 580 g/mol. The third-order valence-corrected chi connectivity index (χ3v) is 8.75. The van der Waals surface area contributed by atoms with Crippen LogP contribution in [0.4, 0.5) is 5.69 Å². The van der Waals surface area contributed by atoms with E-state index in [0.717, 1.165) is 5.56 Å². The second-order valence-corrected chi connectivity index (χ2v) is 11.8. The highest BCUT2D eigenvalue weighted by atomic mass is 35.5. The molecule has 3 aromatic carbocycles. The lowest BCUT2D eigenvalue weighted by Crippen LogP contribution is -2.41. The minimum atomic E-state index is -4.07. The highest BCUT2D eigenvalue weighted by Gasteiger charge is 2.27. The number of anilines is 1. The summed E-state index contributed by atoms with van der Waals surface area (Å²) in [5, 5.41) is 3.01. The van der Waals surface area contributed by atoms with Gasteiger partial charge in [0, 0.05) is 19.6 Å². The van der Waals surface area contributed by atoms with Crippen molar-refractivity contribution >= 4 is 39.1 Å². The van der Waals surface area contributed by atoms with Crippen LogP contribution in [0.3, 0.4) is 0 Å². The average Bonchev–Trinajstić information content (AvgIpc) is 2.96. The molecule has 10 heteroatoms. The van der Waals surface area contributed by atoms with E-state index in [0.29, 0.717) is 44.6 Å². The number of benzene rings is 3. The first kappa shape index (κ1) is 29.3. The Morgan fingerprint density at radius 2 is 1.65 bits per heavy atom. The number of fused-ring (bicyclic) bond motifs is 2. The van der Waals surface area contributed by atoms with E-state index in [1.807, 2.05) is 36.4 Å². The first-order chi connectivity index (χ1) is 19.3. The van der Waals surface area contributed by atoms with Crippen LogP contribution in [0.15, 0.2) is 95.9 Å². The van der Waals surface area contributed by atoms with E-state index in [9.17, 15) is 18.0 Å². The smallest absolute Gasteiger partial charge is 0.264 e. The normalized spacial score (nSPS) is 19.8. The lowest BCUT2D eigenvalue weighted by atomic mass is 10.1. The van der Waals surface area contributed by atoms with Gasteiger partial charge in [0.15, 0.2) is 0 Å². The van der Waals surface area contributed by atoms with Crippen LogP contribution in [-0.4, -0.2) is 50.8 Å². The molecule has 0 aromatic heterocycles. The maximum Gasteiger partial charge on any atom is 0.264 e. The Hall–Kier alpha value is -3.66. The van der Waals surface area contributed by atoms with E-state index in [-0.39, 0.29) is 27.9 Å².